The van der Waals surface area contributed by atoms with E-state index in [1.807, 2.05) is 0 Å². The minimum Gasteiger partial charge on any atom is -0.356 e. The van der Waals surface area contributed by atoms with E-state index >= 15 is 0 Å². The largest absolute Gasteiger partial charge is 0.356 e. The maximum Gasteiger partial charge on any atom is 0.111 e. The number of hydrogen-bond acceptors (Lipinski definition) is 1. The Hall–Kier alpha value is 2.03. The monoisotopic (exact) mass is 172 g/mol. The molecule has 0 heterocycles. The first kappa shape index (κ1) is 12.7. The van der Waals surface area contributed by atoms with Crippen molar-refractivity contribution in [3.05, 3.63) is 0 Å². The second-order valence-corrected chi connectivity index (χ2v) is 10.5. The Balaban J connectivity index is 0. The molecule has 0 aromatic heterocycles. The average molecular weight is 172 g/mol. The molecule has 0 aliphatic heterocycles. The zero-order valence-corrected chi connectivity index (χ0v) is 13.1. The summed E-state index contributed by atoms with van der Waals surface area (Å²) in [7, 11) is 2.59. The minimum atomic E-state index is -0.840. The van der Waals surface area contributed by atoms with Crippen LogP contribution in [0, 0.1) is 0 Å². The molecule has 0 aliphatic rings. The normalized spacial score (nSPS) is 11.6. The molecule has 0 rings (SSSR count). The Labute approximate surface area is 99.2 Å². The summed E-state index contributed by atoms with van der Waals surface area (Å²) in [5.41, 5.74) is 0. The predicted molar refractivity (Wildman–Crippen MR) is 46.8 cm³/mol. The Morgan fingerprint density at radius 2 is 1.38 bits per heavy atom. The molecule has 45 valence electrons. The molecule has 0 unspecified atom stereocenters. The molecule has 0 saturated carbocycles. The van der Waals surface area contributed by atoms with Crippen molar-refractivity contribution in [2.24, 2.45) is 0 Å². The van der Waals surface area contributed by atoms with Crippen LogP contribution in [0.2, 0.25) is 19.6 Å². The van der Waals surface area contributed by atoms with E-state index in [9.17, 15) is 0 Å². The maximum atomic E-state index is 2.47. The van der Waals surface area contributed by atoms with Crippen LogP contribution < -0.4 is 0 Å². The fourth-order valence-corrected chi connectivity index (χ4v) is 0. The van der Waals surface area contributed by atoms with Gasteiger partial charge in [-0.3, -0.25) is 0 Å². The van der Waals surface area contributed by atoms with Crippen LogP contribution in [0.1, 0.15) is 0 Å². The third-order valence-electron chi connectivity index (χ3n) is 1.34. The van der Waals surface area contributed by atoms with Crippen molar-refractivity contribution in [2.75, 3.05) is 7.05 Å². The second-order valence-electron chi connectivity index (χ2n) is 3.07. The first-order valence-electron chi connectivity index (χ1n) is 2.62. The molecule has 1 radical (unpaired) electrons. The molecule has 0 aromatic rings. The molecule has 0 aliphatic carbocycles. The Kier molecular flexibility index (Phi) is 7.59. The van der Waals surface area contributed by atoms with Crippen LogP contribution in [0.5, 0.6) is 0 Å². The molecule has 0 aromatic carbocycles. The Bertz CT molecular complexity index is 59.5. The van der Waals surface area contributed by atoms with Crippen LogP contribution in [0.15, 0.2) is 0 Å². The fourth-order valence-electron chi connectivity index (χ4n) is 0. The van der Waals surface area contributed by atoms with Crippen LogP contribution in [0.25, 0.3) is 0 Å². The average Bonchev–Trinajstić information content (AvgIpc) is 1.31. The third-order valence-corrected chi connectivity index (χ3v) is 8.05. The van der Waals surface area contributed by atoms with E-state index in [0.29, 0.717) is 0 Å². The first-order valence-corrected chi connectivity index (χ1v) is 6.96. The van der Waals surface area contributed by atoms with Crippen molar-refractivity contribution in [1.29, 1.82) is 0 Å². The van der Waals surface area contributed by atoms with Crippen molar-refractivity contribution in [2.45, 2.75) is 19.6 Å². The smallest absolute Gasteiger partial charge is 0.111 e. The number of nitrogens with zero attached hydrogens (tertiary/aromatic N) is 1. The van der Waals surface area contributed by atoms with E-state index in [0.717, 1.165) is 0 Å². The van der Waals surface area contributed by atoms with Crippen molar-refractivity contribution >= 4 is 70.0 Å². The summed E-state index contributed by atoms with van der Waals surface area (Å²) in [5, 5.41) is 0. The molecule has 0 atom stereocenters. The van der Waals surface area contributed by atoms with Crippen molar-refractivity contribution in [3.8, 4) is 0 Å². The summed E-state index contributed by atoms with van der Waals surface area (Å²) in [6, 6.07) is 0. The summed E-state index contributed by atoms with van der Waals surface area (Å²) in [4.78, 5) is 0. The zero-order valence-electron chi connectivity index (χ0n) is 6.95. The van der Waals surface area contributed by atoms with Crippen molar-refractivity contribution < 1.29 is 0 Å². The van der Waals surface area contributed by atoms with Gasteiger partial charge in [0.1, 0.15) is 8.24 Å². The molecule has 0 saturated heterocycles. The van der Waals surface area contributed by atoms with Crippen LogP contribution in [0.3, 0.4) is 0 Å². The molecule has 0 fully saturated rings. The summed E-state index contributed by atoms with van der Waals surface area (Å²) in [6.07, 6.45) is 0. The summed E-state index contributed by atoms with van der Waals surface area (Å²) >= 11 is 0. The van der Waals surface area contributed by atoms with Crippen LogP contribution in [-0.4, -0.2) is 81.3 Å². The Morgan fingerprint density at radius 1 is 1.25 bits per heavy atom. The maximum absolute atomic E-state index is 2.47. The molecule has 8 heavy (non-hydrogen) atoms. The fraction of sp³-hybridized carbons (Fsp3) is 1.00. The van der Waals surface area contributed by atoms with Gasteiger partial charge in [0, 0.05) is 51.4 Å². The molecule has 4 heteroatoms. The molecule has 0 N–H and O–H groups in total. The van der Waals surface area contributed by atoms with Crippen LogP contribution in [-0.2, 0) is 0 Å². The Morgan fingerprint density at radius 3 is 1.38 bits per heavy atom. The van der Waals surface area contributed by atoms with Gasteiger partial charge in [0.2, 0.25) is 0 Å². The van der Waals surface area contributed by atoms with E-state index in [1.54, 1.807) is 0 Å². The molecule has 0 amide bonds. The zero-order chi connectivity index (χ0) is 6.08. The topological polar surface area (TPSA) is 3.24 Å². The molecule has 1 nitrogen and oxygen atoms in total. The van der Waals surface area contributed by atoms with Gasteiger partial charge in [-0.05, 0) is 7.05 Å². The van der Waals surface area contributed by atoms with Gasteiger partial charge in [-0.1, -0.05) is 19.6 Å². The van der Waals surface area contributed by atoms with E-state index < -0.39 is 8.24 Å². The quantitative estimate of drug-likeness (QED) is 0.489. The van der Waals surface area contributed by atoms with Crippen LogP contribution in [0.4, 0.5) is 0 Å². The van der Waals surface area contributed by atoms with Crippen LogP contribution >= 0.6 is 0 Å². The summed E-state index contributed by atoms with van der Waals surface area (Å²) in [5.74, 6) is 0. The van der Waals surface area contributed by atoms with Crippen molar-refractivity contribution in [1.82, 2.24) is 4.23 Å². The SMILES string of the molecule is CN([SiH3])[Si](C)(C)C.[K]. The van der Waals surface area contributed by atoms with E-state index in [2.05, 4.69) is 30.9 Å². The predicted octanol–water partition coefficient (Wildman–Crippen LogP) is -0.347. The van der Waals surface area contributed by atoms with E-state index in [-0.39, 0.29) is 51.4 Å². The second kappa shape index (κ2) is 4.79. The van der Waals surface area contributed by atoms with Gasteiger partial charge in [0.05, 0.1) is 10.4 Å². The number of hydrogen-bond donors (Lipinski definition) is 0. The van der Waals surface area contributed by atoms with Gasteiger partial charge >= 0.3 is 0 Å². The summed E-state index contributed by atoms with van der Waals surface area (Å²) in [6.45, 7) is 7.08. The molecule has 0 bridgehead atoms. The standard InChI is InChI=1S/C4H15NSi2.K/c1-5(6)7(2,3)4;/h1-4,6H3;. The summed E-state index contributed by atoms with van der Waals surface area (Å²) < 4.78 is 2.47. The van der Waals surface area contributed by atoms with Gasteiger partial charge in [-0.15, -0.1) is 0 Å². The molecular formula is C4H15KNSi2. The molecule has 0 spiro atoms. The molecular weight excluding hydrogens is 157 g/mol. The minimum absolute atomic E-state index is 0. The van der Waals surface area contributed by atoms with E-state index in [1.165, 1.54) is 10.4 Å². The van der Waals surface area contributed by atoms with Gasteiger partial charge in [-0.25, -0.2) is 0 Å². The van der Waals surface area contributed by atoms with Gasteiger partial charge < -0.3 is 4.23 Å². The van der Waals surface area contributed by atoms with Gasteiger partial charge in [-0.2, -0.15) is 0 Å². The third kappa shape index (κ3) is 6.15. The van der Waals surface area contributed by atoms with Gasteiger partial charge in [0.25, 0.3) is 0 Å². The van der Waals surface area contributed by atoms with E-state index in [4.69, 9.17) is 0 Å². The first-order chi connectivity index (χ1) is 2.94. The number of rotatable bonds is 1. The van der Waals surface area contributed by atoms with Gasteiger partial charge in [0.15, 0.2) is 0 Å². The van der Waals surface area contributed by atoms with Crippen molar-refractivity contribution in [3.63, 3.8) is 0 Å².